The molecule has 2 aliphatic rings. The highest BCUT2D eigenvalue weighted by Gasteiger charge is 2.21. The van der Waals surface area contributed by atoms with E-state index in [2.05, 4.69) is 38.6 Å². The van der Waals surface area contributed by atoms with E-state index in [1.54, 1.807) is 0 Å². The van der Waals surface area contributed by atoms with E-state index in [4.69, 9.17) is 26.8 Å². The van der Waals surface area contributed by atoms with Crippen LogP contribution in [0.5, 0.6) is 0 Å². The number of benzene rings is 1. The molecule has 0 amide bonds. The maximum Gasteiger partial charge on any atom is 0.226 e. The second kappa shape index (κ2) is 8.30. The molecule has 0 saturated carbocycles. The Hall–Kier alpha value is -1.74. The molecular formula is C18H25N5O2S. The summed E-state index contributed by atoms with van der Waals surface area (Å²) in [5, 5.41) is 4.89. The lowest BCUT2D eigenvalue weighted by atomic mass is 10.2. The molecular weight excluding hydrogens is 350 g/mol. The average Bonchev–Trinajstić information content (AvgIpc) is 3.00. The van der Waals surface area contributed by atoms with Crippen LogP contribution in [0.3, 0.4) is 0 Å². The number of morpholine rings is 2. The van der Waals surface area contributed by atoms with Crippen LogP contribution in [0.4, 0.5) is 5.95 Å². The van der Waals surface area contributed by atoms with E-state index in [0.717, 1.165) is 69.9 Å². The van der Waals surface area contributed by atoms with Crippen molar-refractivity contribution < 1.29 is 9.47 Å². The highest BCUT2D eigenvalue weighted by Crippen LogP contribution is 2.18. The Morgan fingerprint density at radius 2 is 1.58 bits per heavy atom. The van der Waals surface area contributed by atoms with Crippen molar-refractivity contribution in [3.05, 3.63) is 40.7 Å². The van der Waals surface area contributed by atoms with E-state index in [9.17, 15) is 0 Å². The predicted octanol–water partition coefficient (Wildman–Crippen LogP) is 1.59. The molecule has 0 aliphatic carbocycles. The lowest BCUT2D eigenvalue weighted by molar-refractivity contribution is 0.0209. The van der Waals surface area contributed by atoms with Crippen LogP contribution in [0, 0.1) is 4.77 Å². The lowest BCUT2D eigenvalue weighted by Crippen LogP contribution is -2.38. The van der Waals surface area contributed by atoms with Gasteiger partial charge in [0.25, 0.3) is 0 Å². The summed E-state index contributed by atoms with van der Waals surface area (Å²) in [5.74, 6) is 0.940. The molecule has 7 nitrogen and oxygen atoms in total. The van der Waals surface area contributed by atoms with Crippen LogP contribution >= 0.6 is 12.2 Å². The molecule has 2 saturated heterocycles. The second-order valence-corrected chi connectivity index (χ2v) is 6.99. The molecule has 3 heterocycles. The topological polar surface area (TPSA) is 47.7 Å². The summed E-state index contributed by atoms with van der Waals surface area (Å²) in [5.41, 5.74) is 1.23. The minimum absolute atomic E-state index is 0.710. The fourth-order valence-corrected chi connectivity index (χ4v) is 3.60. The monoisotopic (exact) mass is 375 g/mol. The van der Waals surface area contributed by atoms with Gasteiger partial charge in [0.15, 0.2) is 0 Å². The van der Waals surface area contributed by atoms with E-state index in [1.807, 2.05) is 10.7 Å². The Balaban J connectivity index is 1.63. The SMILES string of the molecule is S=c1n(CN2CCOCC2)nc(N2CCOCC2)n1Cc1ccccc1. The van der Waals surface area contributed by atoms with Crippen molar-refractivity contribution in [2.24, 2.45) is 0 Å². The van der Waals surface area contributed by atoms with Crippen LogP contribution in [-0.2, 0) is 22.7 Å². The Morgan fingerprint density at radius 1 is 0.923 bits per heavy atom. The van der Waals surface area contributed by atoms with Crippen molar-refractivity contribution in [1.82, 2.24) is 19.2 Å². The number of hydrogen-bond donors (Lipinski definition) is 0. The quantitative estimate of drug-likeness (QED) is 0.740. The van der Waals surface area contributed by atoms with Crippen LogP contribution in [0.15, 0.2) is 30.3 Å². The van der Waals surface area contributed by atoms with Crippen molar-refractivity contribution in [1.29, 1.82) is 0 Å². The van der Waals surface area contributed by atoms with Crippen LogP contribution < -0.4 is 4.90 Å². The van der Waals surface area contributed by atoms with Gasteiger partial charge in [-0.25, -0.2) is 4.68 Å². The maximum atomic E-state index is 5.80. The molecule has 2 aromatic rings. The largest absolute Gasteiger partial charge is 0.379 e. The molecule has 140 valence electrons. The van der Waals surface area contributed by atoms with Gasteiger partial charge in [-0.2, -0.15) is 0 Å². The summed E-state index contributed by atoms with van der Waals surface area (Å²) in [6.45, 7) is 7.97. The molecule has 26 heavy (non-hydrogen) atoms. The first-order valence-electron chi connectivity index (χ1n) is 9.15. The third-order valence-corrected chi connectivity index (χ3v) is 5.25. The molecule has 8 heteroatoms. The second-order valence-electron chi connectivity index (χ2n) is 6.63. The van der Waals surface area contributed by atoms with Gasteiger partial charge in [0.2, 0.25) is 10.7 Å². The first kappa shape index (κ1) is 17.7. The highest BCUT2D eigenvalue weighted by atomic mass is 32.1. The Kier molecular flexibility index (Phi) is 5.64. The average molecular weight is 375 g/mol. The van der Waals surface area contributed by atoms with Gasteiger partial charge in [-0.15, -0.1) is 5.10 Å². The first-order valence-corrected chi connectivity index (χ1v) is 9.56. The first-order chi connectivity index (χ1) is 12.8. The summed E-state index contributed by atoms with van der Waals surface area (Å²) < 4.78 is 15.8. The molecule has 4 rings (SSSR count). The summed E-state index contributed by atoms with van der Waals surface area (Å²) in [7, 11) is 0. The zero-order chi connectivity index (χ0) is 17.8. The van der Waals surface area contributed by atoms with Crippen molar-refractivity contribution >= 4 is 18.2 Å². The van der Waals surface area contributed by atoms with Crippen LogP contribution in [0.2, 0.25) is 0 Å². The number of aromatic nitrogens is 3. The van der Waals surface area contributed by atoms with Gasteiger partial charge in [0.05, 0.1) is 39.6 Å². The van der Waals surface area contributed by atoms with Crippen molar-refractivity contribution in [2.45, 2.75) is 13.2 Å². The zero-order valence-corrected chi connectivity index (χ0v) is 15.7. The van der Waals surface area contributed by atoms with Crippen LogP contribution in [0.1, 0.15) is 5.56 Å². The van der Waals surface area contributed by atoms with E-state index < -0.39 is 0 Å². The van der Waals surface area contributed by atoms with Crippen LogP contribution in [-0.4, -0.2) is 71.9 Å². The number of nitrogens with zero attached hydrogens (tertiary/aromatic N) is 5. The summed E-state index contributed by atoms with van der Waals surface area (Å²) >= 11 is 5.80. The molecule has 0 N–H and O–H groups in total. The summed E-state index contributed by atoms with van der Waals surface area (Å²) in [6, 6.07) is 10.4. The minimum Gasteiger partial charge on any atom is -0.379 e. The fraction of sp³-hybridized carbons (Fsp3) is 0.556. The normalized spacial score (nSPS) is 19.0. The molecule has 2 aliphatic heterocycles. The minimum atomic E-state index is 0.710. The van der Waals surface area contributed by atoms with E-state index in [0.29, 0.717) is 6.67 Å². The Morgan fingerprint density at radius 3 is 2.27 bits per heavy atom. The van der Waals surface area contributed by atoms with Gasteiger partial charge >= 0.3 is 0 Å². The molecule has 2 fully saturated rings. The number of hydrogen-bond acceptors (Lipinski definition) is 6. The van der Waals surface area contributed by atoms with Crippen molar-refractivity contribution in [3.63, 3.8) is 0 Å². The molecule has 0 radical (unpaired) electrons. The van der Waals surface area contributed by atoms with Crippen molar-refractivity contribution in [2.75, 3.05) is 57.5 Å². The number of ether oxygens (including phenoxy) is 2. The Bertz CT molecular complexity index is 764. The molecule has 0 bridgehead atoms. The summed E-state index contributed by atoms with van der Waals surface area (Å²) in [6.07, 6.45) is 0. The molecule has 0 unspecified atom stereocenters. The van der Waals surface area contributed by atoms with Gasteiger partial charge in [0, 0.05) is 26.2 Å². The summed E-state index contributed by atoms with van der Waals surface area (Å²) in [4.78, 5) is 4.61. The third kappa shape index (κ3) is 3.98. The van der Waals surface area contributed by atoms with Crippen LogP contribution in [0.25, 0.3) is 0 Å². The highest BCUT2D eigenvalue weighted by molar-refractivity contribution is 7.71. The molecule has 1 aromatic heterocycles. The van der Waals surface area contributed by atoms with E-state index in [1.165, 1.54) is 5.56 Å². The van der Waals surface area contributed by atoms with E-state index >= 15 is 0 Å². The van der Waals surface area contributed by atoms with Gasteiger partial charge in [-0.1, -0.05) is 30.3 Å². The standard InChI is InChI=1S/C18H25N5O2S/c26-18-22(14-16-4-2-1-3-5-16)17(21-8-12-25-13-9-21)19-23(18)15-20-6-10-24-11-7-20/h1-5H,6-15H2. The maximum absolute atomic E-state index is 5.80. The molecule has 0 spiro atoms. The van der Waals surface area contributed by atoms with Gasteiger partial charge in [-0.05, 0) is 17.8 Å². The number of rotatable bonds is 5. The van der Waals surface area contributed by atoms with Crippen molar-refractivity contribution in [3.8, 4) is 0 Å². The Labute approximate surface area is 158 Å². The smallest absolute Gasteiger partial charge is 0.226 e. The van der Waals surface area contributed by atoms with Gasteiger partial charge in [0.1, 0.15) is 0 Å². The van der Waals surface area contributed by atoms with E-state index in [-0.39, 0.29) is 0 Å². The number of anilines is 1. The lowest BCUT2D eigenvalue weighted by Gasteiger charge is -2.27. The molecule has 0 atom stereocenters. The van der Waals surface area contributed by atoms with Gasteiger partial charge in [-0.3, -0.25) is 9.47 Å². The fourth-order valence-electron chi connectivity index (χ4n) is 3.36. The molecule has 1 aromatic carbocycles. The predicted molar refractivity (Wildman–Crippen MR) is 102 cm³/mol. The zero-order valence-electron chi connectivity index (χ0n) is 14.9. The van der Waals surface area contributed by atoms with Gasteiger partial charge < -0.3 is 14.4 Å². The third-order valence-electron chi connectivity index (χ3n) is 4.82.